The molecule has 0 saturated heterocycles. The van der Waals surface area contributed by atoms with E-state index < -0.39 is 53.6 Å². The molecule has 0 spiro atoms. The number of aromatic nitrogens is 1. The van der Waals surface area contributed by atoms with Gasteiger partial charge in [0.05, 0.1) is 11.0 Å². The van der Waals surface area contributed by atoms with E-state index in [-0.39, 0.29) is 6.61 Å². The maximum atomic E-state index is 15.4. The molecule has 1 aromatic heterocycles. The van der Waals surface area contributed by atoms with E-state index in [2.05, 4.69) is 0 Å². The van der Waals surface area contributed by atoms with Crippen LogP contribution in [0.4, 0.5) is 26.3 Å². The standard InChI is InChI=1S/C34H33F6NO3/c1-22(35)33(23(2)36,24(3)37)32(31(42)43,41-18-4-5-19-41)20-25-8-16-30(17-9-25)44-21-26-6-10-27(11-7-26)28-12-14-29(15-13-28)34(38,39)40/h4-19,22-24H,20-21H2,1-3H3,(H,42,43)/t22?,23?,24?,32-,33?/m1/s1. The predicted octanol–water partition coefficient (Wildman–Crippen LogP) is 8.84. The van der Waals surface area contributed by atoms with Crippen molar-refractivity contribution in [3.8, 4) is 16.9 Å². The van der Waals surface area contributed by atoms with Gasteiger partial charge < -0.3 is 14.4 Å². The van der Waals surface area contributed by atoms with Gasteiger partial charge in [0, 0.05) is 18.8 Å². The van der Waals surface area contributed by atoms with E-state index >= 15 is 13.2 Å². The van der Waals surface area contributed by atoms with E-state index in [1.54, 1.807) is 48.5 Å². The molecule has 4 rings (SSSR count). The molecule has 0 aliphatic rings. The molecule has 0 fully saturated rings. The van der Waals surface area contributed by atoms with E-state index in [1.165, 1.54) is 41.2 Å². The molecule has 4 nitrogen and oxygen atoms in total. The van der Waals surface area contributed by atoms with Gasteiger partial charge in [0.15, 0.2) is 5.54 Å². The lowest BCUT2D eigenvalue weighted by Gasteiger charge is -2.51. The van der Waals surface area contributed by atoms with Crippen LogP contribution in [0.3, 0.4) is 0 Å². The van der Waals surface area contributed by atoms with Crippen LogP contribution >= 0.6 is 0 Å². The summed E-state index contributed by atoms with van der Waals surface area (Å²) in [6.07, 6.45) is -8.54. The molecule has 1 heterocycles. The van der Waals surface area contributed by atoms with Gasteiger partial charge in [-0.1, -0.05) is 48.5 Å². The molecule has 0 saturated carbocycles. The molecule has 1 N–H and O–H groups in total. The molecule has 4 atom stereocenters. The van der Waals surface area contributed by atoms with Crippen LogP contribution in [-0.2, 0) is 29.5 Å². The van der Waals surface area contributed by atoms with Crippen LogP contribution in [0, 0.1) is 5.41 Å². The summed E-state index contributed by atoms with van der Waals surface area (Å²) >= 11 is 0. The Hall–Kier alpha value is -4.21. The summed E-state index contributed by atoms with van der Waals surface area (Å²) in [7, 11) is 0. The number of hydrogen-bond donors (Lipinski definition) is 1. The number of carboxylic acid groups (broad SMARTS) is 1. The lowest BCUT2D eigenvalue weighted by atomic mass is 9.59. The lowest BCUT2D eigenvalue weighted by Crippen LogP contribution is -2.67. The minimum absolute atomic E-state index is 0.163. The zero-order valence-corrected chi connectivity index (χ0v) is 24.4. The quantitative estimate of drug-likeness (QED) is 0.162. The van der Waals surface area contributed by atoms with Crippen molar-refractivity contribution in [2.75, 3.05) is 0 Å². The zero-order valence-electron chi connectivity index (χ0n) is 24.4. The minimum atomic E-state index is -4.41. The van der Waals surface area contributed by atoms with Crippen LogP contribution in [0.5, 0.6) is 5.75 Å². The van der Waals surface area contributed by atoms with Gasteiger partial charge in [0.25, 0.3) is 0 Å². The Balaban J connectivity index is 1.53. The number of carbonyl (C=O) groups is 1. The van der Waals surface area contributed by atoms with E-state index in [1.807, 2.05) is 0 Å². The number of nitrogens with zero attached hydrogens (tertiary/aromatic N) is 1. The maximum absolute atomic E-state index is 15.4. The smallest absolute Gasteiger partial charge is 0.416 e. The Labute approximate surface area is 251 Å². The number of rotatable bonds is 12. The fraction of sp³-hybridized carbons (Fsp3) is 0.324. The predicted molar refractivity (Wildman–Crippen MR) is 156 cm³/mol. The molecule has 10 heteroatoms. The second-order valence-electron chi connectivity index (χ2n) is 10.9. The highest BCUT2D eigenvalue weighted by atomic mass is 19.4. The molecule has 0 aliphatic carbocycles. The number of alkyl halides is 6. The van der Waals surface area contributed by atoms with Crippen LogP contribution in [0.15, 0.2) is 97.3 Å². The van der Waals surface area contributed by atoms with Crippen molar-refractivity contribution in [2.24, 2.45) is 5.41 Å². The zero-order chi connectivity index (χ0) is 32.3. The Bertz CT molecular complexity index is 1490. The molecule has 0 amide bonds. The number of carboxylic acids is 1. The second kappa shape index (κ2) is 12.8. The fourth-order valence-corrected chi connectivity index (χ4v) is 6.18. The molecule has 44 heavy (non-hydrogen) atoms. The molecule has 0 bridgehead atoms. The first-order chi connectivity index (χ1) is 20.7. The highest BCUT2D eigenvalue weighted by Gasteiger charge is 2.67. The Kier molecular flexibility index (Phi) is 9.51. The summed E-state index contributed by atoms with van der Waals surface area (Å²) in [5, 5.41) is 10.5. The summed E-state index contributed by atoms with van der Waals surface area (Å²) in [5.74, 6) is -1.13. The van der Waals surface area contributed by atoms with Crippen LogP contribution in [-0.4, -0.2) is 34.2 Å². The van der Waals surface area contributed by atoms with Gasteiger partial charge in [-0.3, -0.25) is 0 Å². The van der Waals surface area contributed by atoms with E-state index in [4.69, 9.17) is 4.74 Å². The highest BCUT2D eigenvalue weighted by molar-refractivity contribution is 5.79. The van der Waals surface area contributed by atoms with Gasteiger partial charge in [-0.25, -0.2) is 18.0 Å². The SMILES string of the molecule is CC(F)C(C(C)F)(C(C)F)[C@@](Cc1ccc(OCc2ccc(-c3ccc(C(F)(F)F)cc3)cc2)cc1)(C(=O)O)n1cccc1. The number of benzene rings is 3. The summed E-state index contributed by atoms with van der Waals surface area (Å²) in [5.41, 5.74) is -3.06. The normalized spacial score (nSPS) is 16.8. The van der Waals surface area contributed by atoms with Crippen molar-refractivity contribution in [1.29, 1.82) is 0 Å². The molecule has 3 aromatic carbocycles. The van der Waals surface area contributed by atoms with Gasteiger partial charge >= 0.3 is 12.1 Å². The van der Waals surface area contributed by atoms with Crippen molar-refractivity contribution < 1.29 is 41.0 Å². The lowest BCUT2D eigenvalue weighted by molar-refractivity contribution is -0.178. The maximum Gasteiger partial charge on any atom is 0.416 e. The van der Waals surface area contributed by atoms with Gasteiger partial charge in [-0.2, -0.15) is 13.2 Å². The number of halogens is 6. The third-order valence-electron chi connectivity index (χ3n) is 8.38. The summed E-state index contributed by atoms with van der Waals surface area (Å²) in [4.78, 5) is 13.0. The van der Waals surface area contributed by atoms with Gasteiger partial charge in [-0.05, 0) is 79.4 Å². The molecule has 234 valence electrons. The van der Waals surface area contributed by atoms with Gasteiger partial charge in [0.1, 0.15) is 30.9 Å². The van der Waals surface area contributed by atoms with Crippen LogP contribution in [0.2, 0.25) is 0 Å². The summed E-state index contributed by atoms with van der Waals surface area (Å²) in [6, 6.07) is 21.4. The van der Waals surface area contributed by atoms with Gasteiger partial charge in [0.2, 0.25) is 0 Å². The minimum Gasteiger partial charge on any atom is -0.489 e. The number of aliphatic carboxylic acids is 1. The second-order valence-corrected chi connectivity index (χ2v) is 10.9. The van der Waals surface area contributed by atoms with Crippen molar-refractivity contribution in [3.05, 3.63) is 114 Å². The van der Waals surface area contributed by atoms with Crippen molar-refractivity contribution in [3.63, 3.8) is 0 Å². The van der Waals surface area contributed by atoms with Crippen LogP contribution < -0.4 is 4.74 Å². The van der Waals surface area contributed by atoms with Crippen molar-refractivity contribution >= 4 is 5.97 Å². The summed E-state index contributed by atoms with van der Waals surface area (Å²) < 4.78 is 91.6. The largest absolute Gasteiger partial charge is 0.489 e. The molecular formula is C34H33F6NO3. The summed E-state index contributed by atoms with van der Waals surface area (Å²) in [6.45, 7) is 3.12. The van der Waals surface area contributed by atoms with E-state index in [9.17, 15) is 23.1 Å². The fourth-order valence-electron chi connectivity index (χ4n) is 6.18. The van der Waals surface area contributed by atoms with Crippen molar-refractivity contribution in [2.45, 2.75) is 64.0 Å². The average Bonchev–Trinajstić information content (AvgIpc) is 3.51. The third kappa shape index (κ3) is 6.07. The van der Waals surface area contributed by atoms with Crippen LogP contribution in [0.1, 0.15) is 37.5 Å². The first-order valence-corrected chi connectivity index (χ1v) is 14.0. The Morgan fingerprint density at radius 3 is 1.64 bits per heavy atom. The number of ether oxygens (including phenoxy) is 1. The van der Waals surface area contributed by atoms with E-state index in [0.29, 0.717) is 16.9 Å². The van der Waals surface area contributed by atoms with Gasteiger partial charge in [-0.15, -0.1) is 0 Å². The first-order valence-electron chi connectivity index (χ1n) is 14.0. The number of hydrogen-bond acceptors (Lipinski definition) is 2. The topological polar surface area (TPSA) is 51.5 Å². The van der Waals surface area contributed by atoms with Crippen LogP contribution in [0.25, 0.3) is 11.1 Å². The molecule has 3 unspecified atom stereocenters. The molecule has 4 aromatic rings. The molecular weight excluding hydrogens is 584 g/mol. The van der Waals surface area contributed by atoms with Crippen molar-refractivity contribution in [1.82, 2.24) is 4.57 Å². The van der Waals surface area contributed by atoms with E-state index in [0.717, 1.165) is 44.0 Å². The Morgan fingerprint density at radius 2 is 1.20 bits per heavy atom. The first kappa shape index (κ1) is 32.7. The molecule has 0 radical (unpaired) electrons. The molecule has 0 aliphatic heterocycles. The monoisotopic (exact) mass is 617 g/mol. The average molecular weight is 618 g/mol. The third-order valence-corrected chi connectivity index (χ3v) is 8.38. The Morgan fingerprint density at radius 1 is 0.750 bits per heavy atom. The highest BCUT2D eigenvalue weighted by Crippen LogP contribution is 2.52.